The van der Waals surface area contributed by atoms with E-state index in [1.165, 1.54) is 0 Å². The van der Waals surface area contributed by atoms with Crippen molar-refractivity contribution < 1.29 is 23.9 Å². The van der Waals surface area contributed by atoms with Crippen molar-refractivity contribution in [2.24, 2.45) is 0 Å². The molecule has 2 aromatic heterocycles. The van der Waals surface area contributed by atoms with Gasteiger partial charge < -0.3 is 29.2 Å². The SMILES string of the molecule is CC(C)(C)OC(=O)N1CCC[C@H]1c1ncc(-c2ccc(N3CCN(c4cnc([C@@H]5CCCN5C(=O)OCc5ccccc5)[nH]4)CC3=O)cc2)[nH]1. The molecule has 0 saturated carbocycles. The van der Waals surface area contributed by atoms with Crippen LogP contribution in [0.5, 0.6) is 0 Å². The fourth-order valence-corrected chi connectivity index (χ4v) is 6.94. The largest absolute Gasteiger partial charge is 0.445 e. The maximum Gasteiger partial charge on any atom is 0.410 e. The Morgan fingerprint density at radius 1 is 0.820 bits per heavy atom. The van der Waals surface area contributed by atoms with E-state index in [-0.39, 0.29) is 43.3 Å². The third-order valence-corrected chi connectivity index (χ3v) is 9.43. The first-order chi connectivity index (χ1) is 24.1. The number of carbonyl (C=O) groups excluding carboxylic acids is 3. The number of rotatable bonds is 7. The minimum atomic E-state index is -0.559. The van der Waals surface area contributed by atoms with Crippen LogP contribution >= 0.6 is 0 Å². The first-order valence-electron chi connectivity index (χ1n) is 17.4. The minimum Gasteiger partial charge on any atom is -0.445 e. The number of nitrogens with one attached hydrogen (secondary N) is 2. The van der Waals surface area contributed by atoms with E-state index in [4.69, 9.17) is 9.47 Å². The van der Waals surface area contributed by atoms with E-state index < -0.39 is 5.60 Å². The molecule has 262 valence electrons. The summed E-state index contributed by atoms with van der Waals surface area (Å²) in [6.45, 7) is 8.43. The lowest BCUT2D eigenvalue weighted by atomic mass is 10.1. The van der Waals surface area contributed by atoms with Crippen molar-refractivity contribution in [3.63, 3.8) is 0 Å². The van der Waals surface area contributed by atoms with Gasteiger partial charge >= 0.3 is 12.2 Å². The predicted octanol–water partition coefficient (Wildman–Crippen LogP) is 6.20. The van der Waals surface area contributed by atoms with Crippen LogP contribution in [0.1, 0.15) is 75.8 Å². The van der Waals surface area contributed by atoms with Crippen molar-refractivity contribution in [2.75, 3.05) is 42.5 Å². The molecule has 3 aliphatic rings. The zero-order chi connectivity index (χ0) is 34.8. The predicted molar refractivity (Wildman–Crippen MR) is 187 cm³/mol. The van der Waals surface area contributed by atoms with E-state index in [1.54, 1.807) is 27.1 Å². The summed E-state index contributed by atoms with van der Waals surface area (Å²) in [6, 6.07) is 17.1. The number of piperazine rings is 1. The fourth-order valence-electron chi connectivity index (χ4n) is 6.94. The minimum absolute atomic E-state index is 0.0144. The Balaban J connectivity index is 0.946. The molecule has 0 spiro atoms. The van der Waals surface area contributed by atoms with Crippen LogP contribution in [-0.4, -0.2) is 86.2 Å². The number of aromatic nitrogens is 4. The van der Waals surface area contributed by atoms with Crippen molar-refractivity contribution in [1.29, 1.82) is 0 Å². The van der Waals surface area contributed by atoms with Gasteiger partial charge in [0.25, 0.3) is 0 Å². The maximum absolute atomic E-state index is 13.4. The van der Waals surface area contributed by atoms with Gasteiger partial charge in [0.05, 0.1) is 36.7 Å². The van der Waals surface area contributed by atoms with Crippen LogP contribution < -0.4 is 9.80 Å². The van der Waals surface area contributed by atoms with Crippen molar-refractivity contribution in [1.82, 2.24) is 29.7 Å². The number of benzene rings is 2. The fraction of sp³-hybridized carbons (Fsp3) is 0.432. The van der Waals surface area contributed by atoms with Gasteiger partial charge in [0.1, 0.15) is 29.7 Å². The standard InChI is InChI=1S/C37H44N8O5/c1-37(2,3)50-36(48)45-18-8-11-29(45)33-38-21-28(40-33)26-13-15-27(16-14-26)43-20-19-42(23-32(43)46)31-22-39-34(41-31)30-12-7-17-44(30)35(47)49-24-25-9-5-4-6-10-25/h4-6,9-10,13-16,21-22,29-30H,7-8,11-12,17-20,23-24H2,1-3H3,(H,38,40)(H,39,41)/t29-,30-/m0/s1. The van der Waals surface area contributed by atoms with Gasteiger partial charge in [-0.25, -0.2) is 19.6 Å². The lowest BCUT2D eigenvalue weighted by Gasteiger charge is -2.34. The Kier molecular flexibility index (Phi) is 9.21. The van der Waals surface area contributed by atoms with Gasteiger partial charge in [-0.05, 0) is 69.7 Å². The van der Waals surface area contributed by atoms with Crippen LogP contribution in [0.3, 0.4) is 0 Å². The number of carbonyl (C=O) groups is 3. The third kappa shape index (κ3) is 7.17. The van der Waals surface area contributed by atoms with Gasteiger partial charge in [0.2, 0.25) is 5.91 Å². The van der Waals surface area contributed by atoms with E-state index in [0.717, 1.165) is 59.8 Å². The summed E-state index contributed by atoms with van der Waals surface area (Å²) in [5, 5.41) is 0. The monoisotopic (exact) mass is 680 g/mol. The smallest absolute Gasteiger partial charge is 0.410 e. The highest BCUT2D eigenvalue weighted by Gasteiger charge is 2.36. The molecule has 0 radical (unpaired) electrons. The average Bonchev–Trinajstić information content (AvgIpc) is 3.93. The van der Waals surface area contributed by atoms with E-state index >= 15 is 0 Å². The van der Waals surface area contributed by atoms with Gasteiger partial charge in [-0.15, -0.1) is 0 Å². The highest BCUT2D eigenvalue weighted by molar-refractivity contribution is 5.97. The maximum atomic E-state index is 13.4. The summed E-state index contributed by atoms with van der Waals surface area (Å²) in [6.07, 6.45) is 6.23. The Morgan fingerprint density at radius 3 is 2.16 bits per heavy atom. The molecule has 3 amide bonds. The van der Waals surface area contributed by atoms with Crippen molar-refractivity contribution in [2.45, 2.75) is 70.7 Å². The molecule has 2 N–H and O–H groups in total. The highest BCUT2D eigenvalue weighted by Crippen LogP contribution is 2.34. The molecule has 7 rings (SSSR count). The summed E-state index contributed by atoms with van der Waals surface area (Å²) < 4.78 is 11.2. The summed E-state index contributed by atoms with van der Waals surface area (Å²) in [5.41, 5.74) is 2.99. The van der Waals surface area contributed by atoms with E-state index in [1.807, 2.05) is 80.3 Å². The molecule has 13 nitrogen and oxygen atoms in total. The van der Waals surface area contributed by atoms with Gasteiger partial charge in [-0.3, -0.25) is 14.6 Å². The Labute approximate surface area is 291 Å². The highest BCUT2D eigenvalue weighted by atomic mass is 16.6. The number of nitrogens with zero attached hydrogens (tertiary/aromatic N) is 6. The number of aromatic amines is 2. The first-order valence-corrected chi connectivity index (χ1v) is 17.4. The number of H-pyrrole nitrogens is 2. The Bertz CT molecular complexity index is 1810. The third-order valence-electron chi connectivity index (χ3n) is 9.43. The molecular formula is C37H44N8O5. The Hall–Kier alpha value is -5.33. The number of hydrogen-bond acceptors (Lipinski definition) is 8. The second-order valence-corrected chi connectivity index (χ2v) is 14.1. The summed E-state index contributed by atoms with van der Waals surface area (Å²) >= 11 is 0. The zero-order valence-corrected chi connectivity index (χ0v) is 28.8. The van der Waals surface area contributed by atoms with Crippen molar-refractivity contribution in [3.05, 3.63) is 84.2 Å². The van der Waals surface area contributed by atoms with E-state index in [9.17, 15) is 14.4 Å². The van der Waals surface area contributed by atoms with Crippen LogP contribution in [0.2, 0.25) is 0 Å². The Morgan fingerprint density at radius 2 is 1.48 bits per heavy atom. The molecule has 13 heteroatoms. The molecule has 0 unspecified atom stereocenters. The number of ether oxygens (including phenoxy) is 2. The van der Waals surface area contributed by atoms with E-state index in [0.29, 0.717) is 32.0 Å². The van der Waals surface area contributed by atoms with Gasteiger partial charge in [0.15, 0.2) is 0 Å². The second-order valence-electron chi connectivity index (χ2n) is 14.1. The molecule has 3 fully saturated rings. The van der Waals surface area contributed by atoms with Crippen molar-refractivity contribution in [3.8, 4) is 11.3 Å². The van der Waals surface area contributed by atoms with Crippen LogP contribution in [-0.2, 0) is 20.9 Å². The van der Waals surface area contributed by atoms with Crippen LogP contribution in [0.25, 0.3) is 11.3 Å². The molecule has 2 atom stereocenters. The molecule has 2 aromatic carbocycles. The quantitative estimate of drug-likeness (QED) is 0.235. The molecule has 4 aromatic rings. The second kappa shape index (κ2) is 13.9. The molecule has 0 aliphatic carbocycles. The number of imidazole rings is 2. The van der Waals surface area contributed by atoms with Gasteiger partial charge in [0, 0.05) is 31.9 Å². The summed E-state index contributed by atoms with van der Waals surface area (Å²) in [5.74, 6) is 2.19. The molecule has 3 aliphatic heterocycles. The van der Waals surface area contributed by atoms with Gasteiger partial charge in [-0.1, -0.05) is 42.5 Å². The number of likely N-dealkylation sites (tertiary alicyclic amines) is 2. The lowest BCUT2D eigenvalue weighted by molar-refractivity contribution is -0.117. The lowest BCUT2D eigenvalue weighted by Crippen LogP contribution is -2.50. The summed E-state index contributed by atoms with van der Waals surface area (Å²) in [4.78, 5) is 62.4. The molecule has 5 heterocycles. The van der Waals surface area contributed by atoms with Crippen LogP contribution in [0, 0.1) is 0 Å². The van der Waals surface area contributed by atoms with E-state index in [2.05, 4.69) is 19.9 Å². The van der Waals surface area contributed by atoms with Crippen LogP contribution in [0.15, 0.2) is 67.0 Å². The average molecular weight is 681 g/mol. The molecule has 3 saturated heterocycles. The topological polar surface area (TPSA) is 140 Å². The van der Waals surface area contributed by atoms with Gasteiger partial charge in [-0.2, -0.15) is 0 Å². The first kappa shape index (κ1) is 33.2. The number of hydrogen-bond donors (Lipinski definition) is 2. The normalized spacial score (nSPS) is 19.7. The molecule has 0 bridgehead atoms. The zero-order valence-electron chi connectivity index (χ0n) is 28.8. The summed E-state index contributed by atoms with van der Waals surface area (Å²) in [7, 11) is 0. The molecular weight excluding hydrogens is 636 g/mol. The number of amides is 3. The van der Waals surface area contributed by atoms with Crippen molar-refractivity contribution >= 4 is 29.6 Å². The van der Waals surface area contributed by atoms with Crippen LogP contribution in [0.4, 0.5) is 21.1 Å². The molecule has 50 heavy (non-hydrogen) atoms. The number of anilines is 2.